The number of halogens is 1. The first-order valence-electron chi connectivity index (χ1n) is 10.9. The zero-order chi connectivity index (χ0) is 22.7. The fourth-order valence-electron chi connectivity index (χ4n) is 3.79. The molecule has 0 saturated carbocycles. The van der Waals surface area contributed by atoms with Crippen LogP contribution in [0.3, 0.4) is 0 Å². The number of aromatic nitrogens is 1. The zero-order valence-corrected chi connectivity index (χ0v) is 20.2. The van der Waals surface area contributed by atoms with Crippen LogP contribution in [0.2, 0.25) is 5.02 Å². The van der Waals surface area contributed by atoms with E-state index in [4.69, 9.17) is 26.3 Å². The van der Waals surface area contributed by atoms with E-state index in [0.717, 1.165) is 40.1 Å². The lowest BCUT2D eigenvalue weighted by atomic mass is 10.1. The molecule has 8 heteroatoms. The number of hydrogen-bond acceptors (Lipinski definition) is 5. The van der Waals surface area contributed by atoms with Gasteiger partial charge in [-0.25, -0.2) is 9.98 Å². The van der Waals surface area contributed by atoms with Crippen molar-refractivity contribution in [3.05, 3.63) is 45.8 Å². The predicted molar refractivity (Wildman–Crippen MR) is 133 cm³/mol. The van der Waals surface area contributed by atoms with E-state index in [1.165, 1.54) is 11.3 Å². The molecule has 0 atom stereocenters. The van der Waals surface area contributed by atoms with E-state index in [1.54, 1.807) is 0 Å². The lowest BCUT2D eigenvalue weighted by Gasteiger charge is -2.24. The number of fused-ring (bicyclic) bond motifs is 1. The Morgan fingerprint density at radius 2 is 1.94 bits per heavy atom. The molecule has 2 aromatic heterocycles. The largest absolute Gasteiger partial charge is 0.378 e. The average Bonchev–Trinajstić information content (AvgIpc) is 3.18. The molecule has 168 valence electrons. The van der Waals surface area contributed by atoms with Crippen LogP contribution in [-0.2, 0) is 4.74 Å². The predicted octanol–water partition coefficient (Wildman–Crippen LogP) is 5.40. The van der Waals surface area contributed by atoms with E-state index in [1.807, 2.05) is 49.4 Å². The Kier molecular flexibility index (Phi) is 7.08. The van der Waals surface area contributed by atoms with E-state index >= 15 is 0 Å². The number of amides is 1. The molecule has 0 unspecified atom stereocenters. The summed E-state index contributed by atoms with van der Waals surface area (Å²) >= 11 is 7.47. The highest BCUT2D eigenvalue weighted by atomic mass is 35.5. The summed E-state index contributed by atoms with van der Waals surface area (Å²) in [5.41, 5.74) is 3.60. The number of rotatable bonds is 6. The Balaban J connectivity index is 1.83. The normalized spacial score (nSPS) is 14.4. The van der Waals surface area contributed by atoms with E-state index < -0.39 is 0 Å². The molecule has 32 heavy (non-hydrogen) atoms. The first kappa shape index (κ1) is 22.7. The Bertz CT molecular complexity index is 1130. The average molecular weight is 471 g/mol. The van der Waals surface area contributed by atoms with E-state index in [-0.39, 0.29) is 5.91 Å². The molecule has 1 aromatic carbocycles. The summed E-state index contributed by atoms with van der Waals surface area (Å²) in [5, 5.41) is 1.63. The fourth-order valence-corrected chi connectivity index (χ4v) is 5.08. The van der Waals surface area contributed by atoms with Gasteiger partial charge in [-0.15, -0.1) is 11.3 Å². The summed E-state index contributed by atoms with van der Waals surface area (Å²) in [6.07, 6.45) is 1.84. The van der Waals surface area contributed by atoms with Gasteiger partial charge >= 0.3 is 0 Å². The van der Waals surface area contributed by atoms with Gasteiger partial charge in [-0.2, -0.15) is 0 Å². The van der Waals surface area contributed by atoms with Crippen LogP contribution in [0.15, 0.2) is 35.3 Å². The molecule has 1 aliphatic heterocycles. The number of thiophene rings is 1. The van der Waals surface area contributed by atoms with Gasteiger partial charge < -0.3 is 14.5 Å². The van der Waals surface area contributed by atoms with Gasteiger partial charge in [0.15, 0.2) is 0 Å². The van der Waals surface area contributed by atoms with E-state index in [9.17, 15) is 4.79 Å². The molecule has 3 aromatic rings. The number of benzene rings is 1. The molecule has 3 heterocycles. The monoisotopic (exact) mass is 470 g/mol. The molecule has 6 nitrogen and oxygen atoms in total. The second kappa shape index (κ2) is 9.98. The fraction of sp³-hybridized carbons (Fsp3) is 0.375. The summed E-state index contributed by atoms with van der Waals surface area (Å²) < 4.78 is 5.43. The van der Waals surface area contributed by atoms with Crippen LogP contribution in [-0.4, -0.2) is 66.4 Å². The highest BCUT2D eigenvalue weighted by molar-refractivity contribution is 7.21. The number of carbonyl (C=O) groups excluding carboxylic acids is 1. The molecule has 0 radical (unpaired) electrons. The topological polar surface area (TPSA) is 58.0 Å². The minimum Gasteiger partial charge on any atom is -0.378 e. The molecule has 0 aliphatic carbocycles. The molecule has 1 fully saturated rings. The maximum atomic E-state index is 13.3. The molecular weight excluding hydrogens is 444 g/mol. The number of nitrogens with zero attached hydrogens (tertiary/aromatic N) is 4. The summed E-state index contributed by atoms with van der Waals surface area (Å²) in [6, 6.07) is 9.70. The molecule has 1 saturated heterocycles. The number of aliphatic imine (C=N–C) groups is 1. The van der Waals surface area contributed by atoms with Gasteiger partial charge in [0.05, 0.1) is 30.9 Å². The van der Waals surface area contributed by atoms with Crippen LogP contribution in [0.1, 0.15) is 29.1 Å². The number of ether oxygens (including phenoxy) is 1. The molecule has 1 amide bonds. The van der Waals surface area contributed by atoms with Crippen LogP contribution >= 0.6 is 22.9 Å². The zero-order valence-electron chi connectivity index (χ0n) is 18.6. The standard InChI is InChI=1S/C24H27ClN4O2S/c1-4-29(5-2)24(30)22-21(26-15-28-10-12-31-13-11-28)20-16(3)14-19(27-23(20)32-22)17-6-8-18(25)9-7-17/h6-9,14-15H,4-5,10-13H2,1-3H3. The van der Waals surface area contributed by atoms with Crippen LogP contribution in [0.25, 0.3) is 21.5 Å². The Morgan fingerprint density at radius 1 is 1.25 bits per heavy atom. The second-order valence-electron chi connectivity index (χ2n) is 7.66. The maximum absolute atomic E-state index is 13.3. The van der Waals surface area contributed by atoms with Crippen LogP contribution < -0.4 is 0 Å². The first-order chi connectivity index (χ1) is 15.5. The number of pyridine rings is 1. The Labute approximate surface area is 197 Å². The van der Waals surface area contributed by atoms with E-state index in [2.05, 4.69) is 17.9 Å². The Morgan fingerprint density at radius 3 is 2.59 bits per heavy atom. The van der Waals surface area contributed by atoms with Crippen molar-refractivity contribution in [2.45, 2.75) is 20.8 Å². The third-order valence-corrected chi connectivity index (χ3v) is 6.93. The van der Waals surface area contributed by atoms with Crippen molar-refractivity contribution in [2.75, 3.05) is 39.4 Å². The van der Waals surface area contributed by atoms with Gasteiger partial charge in [-0.3, -0.25) is 4.79 Å². The third kappa shape index (κ3) is 4.65. The third-order valence-electron chi connectivity index (χ3n) is 5.61. The number of hydrogen-bond donors (Lipinski definition) is 0. The van der Waals surface area contributed by atoms with Crippen molar-refractivity contribution in [3.63, 3.8) is 0 Å². The second-order valence-corrected chi connectivity index (χ2v) is 9.10. The van der Waals surface area contributed by atoms with Gasteiger partial charge in [0.25, 0.3) is 5.91 Å². The lowest BCUT2D eigenvalue weighted by molar-refractivity contribution is 0.0700. The van der Waals surface area contributed by atoms with Crippen LogP contribution in [0.5, 0.6) is 0 Å². The minimum atomic E-state index is -0.000398. The van der Waals surface area contributed by atoms with Crippen molar-refractivity contribution in [1.29, 1.82) is 0 Å². The quantitative estimate of drug-likeness (QED) is 0.357. The molecule has 0 bridgehead atoms. The van der Waals surface area contributed by atoms with Crippen LogP contribution in [0.4, 0.5) is 5.69 Å². The number of morpholine rings is 1. The highest BCUT2D eigenvalue weighted by Gasteiger charge is 2.24. The lowest BCUT2D eigenvalue weighted by Crippen LogP contribution is -2.35. The van der Waals surface area contributed by atoms with Crippen molar-refractivity contribution in [3.8, 4) is 11.3 Å². The van der Waals surface area contributed by atoms with E-state index in [0.29, 0.717) is 41.9 Å². The maximum Gasteiger partial charge on any atom is 0.266 e. The van der Waals surface area contributed by atoms with Gasteiger partial charge in [-0.1, -0.05) is 23.7 Å². The number of aryl methyl sites for hydroxylation is 1. The molecule has 0 N–H and O–H groups in total. The van der Waals surface area contributed by atoms with Gasteiger partial charge in [0.2, 0.25) is 0 Å². The molecule has 0 spiro atoms. The van der Waals surface area contributed by atoms with Crippen molar-refractivity contribution in [1.82, 2.24) is 14.8 Å². The van der Waals surface area contributed by atoms with Crippen LogP contribution in [0, 0.1) is 6.92 Å². The van der Waals surface area contributed by atoms with Crippen molar-refractivity contribution >= 4 is 51.1 Å². The SMILES string of the molecule is CCN(CC)C(=O)c1sc2nc(-c3ccc(Cl)cc3)cc(C)c2c1N=CN1CCOCC1. The summed E-state index contributed by atoms with van der Waals surface area (Å²) in [4.78, 5) is 28.5. The number of carbonyl (C=O) groups is 1. The minimum absolute atomic E-state index is 0.000398. The summed E-state index contributed by atoms with van der Waals surface area (Å²) in [6.45, 7) is 10.3. The van der Waals surface area contributed by atoms with Gasteiger partial charge in [-0.05, 0) is 44.5 Å². The highest BCUT2D eigenvalue weighted by Crippen LogP contribution is 2.41. The molecule has 4 rings (SSSR count). The Hall–Kier alpha value is -2.48. The van der Waals surface area contributed by atoms with Crippen molar-refractivity contribution in [2.24, 2.45) is 4.99 Å². The smallest absolute Gasteiger partial charge is 0.266 e. The summed E-state index contributed by atoms with van der Waals surface area (Å²) in [7, 11) is 0. The van der Waals surface area contributed by atoms with Gasteiger partial charge in [0.1, 0.15) is 9.71 Å². The first-order valence-corrected chi connectivity index (χ1v) is 12.1. The van der Waals surface area contributed by atoms with Gasteiger partial charge in [0, 0.05) is 42.2 Å². The molecule has 1 aliphatic rings. The summed E-state index contributed by atoms with van der Waals surface area (Å²) in [5.74, 6) is -0.000398. The molecular formula is C24H27ClN4O2S. The van der Waals surface area contributed by atoms with Crippen molar-refractivity contribution < 1.29 is 9.53 Å².